The Bertz CT molecular complexity index is 1450. The average Bonchev–Trinajstić information content (AvgIpc) is 3.34. The van der Waals surface area contributed by atoms with E-state index in [1.165, 1.54) is 57.8 Å². The highest BCUT2D eigenvalue weighted by Gasteiger charge is 2.19. The number of allylic oxidation sites excluding steroid dienone is 24. The lowest BCUT2D eigenvalue weighted by molar-refractivity contribution is -0.166. The van der Waals surface area contributed by atoms with Gasteiger partial charge in [-0.25, -0.2) is 0 Å². The highest BCUT2D eigenvalue weighted by molar-refractivity contribution is 5.71. The van der Waals surface area contributed by atoms with Gasteiger partial charge in [-0.1, -0.05) is 237 Å². The predicted octanol–water partition coefficient (Wildman–Crippen LogP) is 18.0. The number of unbranched alkanes of at least 4 members (excludes halogenated alkanes) is 11. The Morgan fingerprint density at radius 1 is 0.309 bits per heavy atom. The Morgan fingerprint density at radius 2 is 0.574 bits per heavy atom. The molecule has 0 aromatic rings. The molecule has 0 atom stereocenters. The van der Waals surface area contributed by atoms with Crippen LogP contribution in [0.4, 0.5) is 0 Å². The molecule has 0 aliphatic rings. The van der Waals surface area contributed by atoms with E-state index in [0.29, 0.717) is 19.3 Å². The molecule has 0 heterocycles. The van der Waals surface area contributed by atoms with Crippen LogP contribution in [0.3, 0.4) is 0 Å². The zero-order valence-corrected chi connectivity index (χ0v) is 43.3. The number of rotatable bonds is 46. The first kappa shape index (κ1) is 63.3. The van der Waals surface area contributed by atoms with Crippen molar-refractivity contribution in [2.24, 2.45) is 0 Å². The van der Waals surface area contributed by atoms with Gasteiger partial charge in [0.05, 0.1) is 0 Å². The molecule has 0 aromatic heterocycles. The zero-order valence-electron chi connectivity index (χ0n) is 43.3. The summed E-state index contributed by atoms with van der Waals surface area (Å²) in [6.07, 6.45) is 78.6. The monoisotopic (exact) mass is 937 g/mol. The molecule has 0 bridgehead atoms. The maximum atomic E-state index is 12.8. The smallest absolute Gasteiger partial charge is 0.306 e. The highest BCUT2D eigenvalue weighted by atomic mass is 16.6. The first-order chi connectivity index (χ1) is 33.5. The fraction of sp³-hybridized carbons (Fsp3) is 0.565. The van der Waals surface area contributed by atoms with Crippen LogP contribution in [0.1, 0.15) is 207 Å². The number of ether oxygens (including phenoxy) is 3. The van der Waals surface area contributed by atoms with Gasteiger partial charge >= 0.3 is 17.9 Å². The molecule has 0 saturated heterocycles. The third-order valence-corrected chi connectivity index (χ3v) is 10.6. The largest absolute Gasteiger partial charge is 0.462 e. The van der Waals surface area contributed by atoms with Crippen molar-refractivity contribution >= 4 is 17.9 Å². The second kappa shape index (κ2) is 54.9. The molecule has 0 amide bonds. The van der Waals surface area contributed by atoms with Crippen LogP contribution < -0.4 is 0 Å². The van der Waals surface area contributed by atoms with Crippen LogP contribution in [-0.2, 0) is 28.6 Å². The first-order valence-electron chi connectivity index (χ1n) is 26.8. The Balaban J connectivity index is 4.61. The van der Waals surface area contributed by atoms with Gasteiger partial charge < -0.3 is 14.2 Å². The minimum atomic E-state index is -0.843. The number of carbonyl (C=O) groups is 3. The fourth-order valence-corrected chi connectivity index (χ4v) is 6.67. The lowest BCUT2D eigenvalue weighted by atomic mass is 10.0. The van der Waals surface area contributed by atoms with Crippen molar-refractivity contribution in [2.75, 3.05) is 13.2 Å². The van der Waals surface area contributed by atoms with Crippen molar-refractivity contribution in [3.63, 3.8) is 0 Å². The van der Waals surface area contributed by atoms with Gasteiger partial charge in [-0.3, -0.25) is 14.4 Å². The average molecular weight is 937 g/mol. The van der Waals surface area contributed by atoms with Crippen molar-refractivity contribution in [1.82, 2.24) is 0 Å². The summed E-state index contributed by atoms with van der Waals surface area (Å²) in [7, 11) is 0. The maximum absolute atomic E-state index is 12.8. The molecule has 68 heavy (non-hydrogen) atoms. The van der Waals surface area contributed by atoms with E-state index >= 15 is 0 Å². The summed E-state index contributed by atoms with van der Waals surface area (Å²) >= 11 is 0. The Labute approximate surface area is 417 Å². The Morgan fingerprint density at radius 3 is 0.868 bits per heavy atom. The summed E-state index contributed by atoms with van der Waals surface area (Å²) in [5.74, 6) is -1.11. The third kappa shape index (κ3) is 52.3. The molecular formula is C62H96O6. The van der Waals surface area contributed by atoms with Gasteiger partial charge in [0.25, 0.3) is 0 Å². The van der Waals surface area contributed by atoms with Crippen LogP contribution in [0.2, 0.25) is 0 Å². The number of carbonyl (C=O) groups excluding carboxylic acids is 3. The van der Waals surface area contributed by atoms with Gasteiger partial charge in [-0.05, 0) is 96.3 Å². The molecule has 0 spiro atoms. The van der Waals surface area contributed by atoms with E-state index < -0.39 is 6.10 Å². The van der Waals surface area contributed by atoms with Crippen molar-refractivity contribution < 1.29 is 28.6 Å². The molecule has 380 valence electrons. The zero-order chi connectivity index (χ0) is 49.3. The molecule has 0 aromatic carbocycles. The molecule has 0 saturated carbocycles. The molecule has 0 aliphatic heterocycles. The fourth-order valence-electron chi connectivity index (χ4n) is 6.67. The van der Waals surface area contributed by atoms with Crippen molar-refractivity contribution in [1.29, 1.82) is 0 Å². The van der Waals surface area contributed by atoms with Crippen LogP contribution in [0.25, 0.3) is 0 Å². The lowest BCUT2D eigenvalue weighted by Gasteiger charge is -2.18. The number of hydrogen-bond acceptors (Lipinski definition) is 6. The van der Waals surface area contributed by atoms with Gasteiger partial charge in [0, 0.05) is 19.3 Å². The van der Waals surface area contributed by atoms with E-state index in [9.17, 15) is 14.4 Å². The molecule has 0 rings (SSSR count). The third-order valence-electron chi connectivity index (χ3n) is 10.6. The van der Waals surface area contributed by atoms with Crippen LogP contribution in [0.5, 0.6) is 0 Å². The van der Waals surface area contributed by atoms with E-state index in [0.717, 1.165) is 96.3 Å². The summed E-state index contributed by atoms with van der Waals surface area (Å²) in [6, 6.07) is 0. The number of esters is 3. The second-order valence-electron chi connectivity index (χ2n) is 17.0. The summed E-state index contributed by atoms with van der Waals surface area (Å²) in [5, 5.41) is 0. The van der Waals surface area contributed by atoms with Gasteiger partial charge in [0.2, 0.25) is 0 Å². The van der Waals surface area contributed by atoms with E-state index in [4.69, 9.17) is 14.2 Å². The Kier molecular flexibility index (Phi) is 51.1. The minimum absolute atomic E-state index is 0.146. The molecule has 6 nitrogen and oxygen atoms in total. The lowest BCUT2D eigenvalue weighted by Crippen LogP contribution is -2.30. The van der Waals surface area contributed by atoms with Crippen LogP contribution >= 0.6 is 0 Å². The molecule has 0 unspecified atom stereocenters. The molecule has 0 N–H and O–H groups in total. The quantitative estimate of drug-likeness (QED) is 0.0262. The summed E-state index contributed by atoms with van der Waals surface area (Å²) in [6.45, 7) is 6.26. The SMILES string of the molecule is CC/C=C\C/C=C\C/C=C\C/C=C\C/C=C\C/C=C\CCC(=O)OCC(COC(=O)CC/C=C\C/C=C\C/C=C\C/C=C\C/C=C\C/C=C\CC)OC(=O)CCCCCCCCCCCCCC. The minimum Gasteiger partial charge on any atom is -0.462 e. The highest BCUT2D eigenvalue weighted by Crippen LogP contribution is 2.13. The van der Waals surface area contributed by atoms with Crippen molar-refractivity contribution in [2.45, 2.75) is 213 Å². The van der Waals surface area contributed by atoms with Crippen LogP contribution in [0, 0.1) is 0 Å². The van der Waals surface area contributed by atoms with Crippen LogP contribution in [0.15, 0.2) is 146 Å². The number of hydrogen-bond donors (Lipinski definition) is 0. The normalized spacial score (nSPS) is 12.9. The summed E-state index contributed by atoms with van der Waals surface area (Å²) < 4.78 is 16.7. The van der Waals surface area contributed by atoms with Crippen LogP contribution in [-0.4, -0.2) is 37.2 Å². The van der Waals surface area contributed by atoms with E-state index in [2.05, 4.69) is 142 Å². The maximum Gasteiger partial charge on any atom is 0.306 e. The predicted molar refractivity (Wildman–Crippen MR) is 292 cm³/mol. The van der Waals surface area contributed by atoms with Gasteiger partial charge in [0.15, 0.2) is 6.10 Å². The topological polar surface area (TPSA) is 78.9 Å². The molecule has 0 radical (unpaired) electrons. The molecular weight excluding hydrogens is 841 g/mol. The van der Waals surface area contributed by atoms with Crippen molar-refractivity contribution in [3.8, 4) is 0 Å². The van der Waals surface area contributed by atoms with Gasteiger partial charge in [-0.2, -0.15) is 0 Å². The standard InChI is InChI=1S/C62H96O6/c1-4-7-10-13-16-19-22-25-27-29-31-33-35-37-40-42-45-48-51-54-60(63)66-57-59(68-62(65)56-53-50-47-44-39-24-21-18-15-12-9-6-3)58-67-61(64)55-52-49-46-43-41-38-36-34-32-30-28-26-23-20-17-14-11-8-5-2/h7-8,10-11,16-17,19-20,25-28,31-34,37-38,40-41,45-46,48-49,59H,4-6,9,12-15,18,21-24,29-30,35-36,39,42-44,47,50-58H2,1-3H3/b10-7-,11-8-,19-16-,20-17-,27-25-,28-26-,33-31-,34-32-,40-37-,41-38-,48-45-,49-46-. The second-order valence-corrected chi connectivity index (χ2v) is 17.0. The molecule has 0 fully saturated rings. The van der Waals surface area contributed by atoms with Gasteiger partial charge in [0.1, 0.15) is 13.2 Å². The molecule has 6 heteroatoms. The summed E-state index contributed by atoms with van der Waals surface area (Å²) in [5.41, 5.74) is 0. The van der Waals surface area contributed by atoms with E-state index in [-0.39, 0.29) is 44.0 Å². The van der Waals surface area contributed by atoms with E-state index in [1.54, 1.807) is 0 Å². The summed E-state index contributed by atoms with van der Waals surface area (Å²) in [4.78, 5) is 38.0. The Hall–Kier alpha value is -4.71. The van der Waals surface area contributed by atoms with E-state index in [1.807, 2.05) is 24.3 Å². The van der Waals surface area contributed by atoms with Gasteiger partial charge in [-0.15, -0.1) is 0 Å². The van der Waals surface area contributed by atoms with Crippen molar-refractivity contribution in [3.05, 3.63) is 146 Å². The molecule has 0 aliphatic carbocycles. The first-order valence-corrected chi connectivity index (χ1v) is 26.8.